The van der Waals surface area contributed by atoms with Crippen molar-refractivity contribution in [2.75, 3.05) is 13.2 Å². The Labute approximate surface area is 106 Å². The van der Waals surface area contributed by atoms with Gasteiger partial charge in [-0.1, -0.05) is 17.8 Å². The highest BCUT2D eigenvalue weighted by atomic mass is 32.1. The monoisotopic (exact) mass is 257 g/mol. The van der Waals surface area contributed by atoms with Crippen LogP contribution in [-0.2, 0) is 6.42 Å². The summed E-state index contributed by atoms with van der Waals surface area (Å²) in [6, 6.07) is 0.0613. The van der Waals surface area contributed by atoms with Gasteiger partial charge in [-0.05, 0) is 31.8 Å². The third-order valence-electron chi connectivity index (χ3n) is 2.46. The third kappa shape index (κ3) is 3.47. The van der Waals surface area contributed by atoms with Gasteiger partial charge < -0.3 is 10.0 Å². The first-order valence-electron chi connectivity index (χ1n) is 5.84. The lowest BCUT2D eigenvalue weighted by molar-refractivity contribution is 0.0669. The predicted octanol–water partition coefficient (Wildman–Crippen LogP) is 1.33. The molecule has 1 amide bonds. The zero-order valence-electron chi connectivity index (χ0n) is 10.5. The first kappa shape index (κ1) is 14.1. The Morgan fingerprint density at radius 2 is 2.24 bits per heavy atom. The minimum atomic E-state index is -0.0764. The van der Waals surface area contributed by atoms with Gasteiger partial charge in [-0.25, -0.2) is 0 Å². The highest BCUT2D eigenvalue weighted by Crippen LogP contribution is 2.16. The lowest BCUT2D eigenvalue weighted by atomic mass is 10.2. The van der Waals surface area contributed by atoms with Gasteiger partial charge in [-0.2, -0.15) is 0 Å². The van der Waals surface area contributed by atoms with Gasteiger partial charge in [0.1, 0.15) is 4.88 Å². The number of hydrogen-bond acceptors (Lipinski definition) is 5. The molecule has 1 heterocycles. The van der Waals surface area contributed by atoms with Crippen LogP contribution in [-0.4, -0.2) is 44.7 Å². The zero-order chi connectivity index (χ0) is 12.8. The molecule has 96 valence electrons. The fraction of sp³-hybridized carbons (Fsp3) is 0.727. The van der Waals surface area contributed by atoms with Crippen molar-refractivity contribution in [1.82, 2.24) is 14.5 Å². The number of amides is 1. The lowest BCUT2D eigenvalue weighted by Gasteiger charge is -2.25. The Balaban J connectivity index is 2.88. The molecule has 0 aliphatic heterocycles. The van der Waals surface area contributed by atoms with Gasteiger partial charge >= 0.3 is 0 Å². The molecule has 1 rings (SSSR count). The zero-order valence-corrected chi connectivity index (χ0v) is 11.3. The summed E-state index contributed by atoms with van der Waals surface area (Å²) < 4.78 is 3.85. The molecule has 0 saturated heterocycles. The molecule has 0 aliphatic carbocycles. The average Bonchev–Trinajstić information content (AvgIpc) is 2.73. The van der Waals surface area contributed by atoms with Gasteiger partial charge in [-0.15, -0.1) is 5.10 Å². The normalized spacial score (nSPS) is 10.9. The molecule has 0 saturated carbocycles. The molecular weight excluding hydrogens is 238 g/mol. The second kappa shape index (κ2) is 6.66. The van der Waals surface area contributed by atoms with Crippen molar-refractivity contribution in [1.29, 1.82) is 0 Å². The van der Waals surface area contributed by atoms with E-state index in [1.165, 1.54) is 0 Å². The van der Waals surface area contributed by atoms with Crippen LogP contribution < -0.4 is 0 Å². The average molecular weight is 257 g/mol. The smallest absolute Gasteiger partial charge is 0.267 e. The molecule has 0 radical (unpaired) electrons. The summed E-state index contributed by atoms with van der Waals surface area (Å²) in [6.45, 7) is 6.23. The van der Waals surface area contributed by atoms with Gasteiger partial charge in [-0.3, -0.25) is 4.79 Å². The van der Waals surface area contributed by atoms with Crippen molar-refractivity contribution in [2.24, 2.45) is 0 Å². The van der Waals surface area contributed by atoms with Crippen LogP contribution >= 0.6 is 11.5 Å². The number of carbonyl (C=O) groups excluding carboxylic acids is 1. The Hall–Kier alpha value is -1.01. The van der Waals surface area contributed by atoms with Crippen LogP contribution in [0.2, 0.25) is 0 Å². The van der Waals surface area contributed by atoms with Crippen molar-refractivity contribution in [3.63, 3.8) is 0 Å². The Kier molecular flexibility index (Phi) is 5.50. The lowest BCUT2D eigenvalue weighted by Crippen LogP contribution is -2.39. The second-order valence-corrected chi connectivity index (χ2v) is 4.87. The SMILES string of the molecule is CCCc1nnsc1C(=O)N(CCO)C(C)C. The van der Waals surface area contributed by atoms with Crippen molar-refractivity contribution in [3.05, 3.63) is 10.6 Å². The molecule has 0 fully saturated rings. The van der Waals surface area contributed by atoms with E-state index in [0.29, 0.717) is 11.4 Å². The van der Waals surface area contributed by atoms with Crippen molar-refractivity contribution >= 4 is 17.4 Å². The van der Waals surface area contributed by atoms with Crippen LogP contribution in [0, 0.1) is 0 Å². The van der Waals surface area contributed by atoms with Crippen molar-refractivity contribution < 1.29 is 9.90 Å². The minimum Gasteiger partial charge on any atom is -0.395 e. The maximum Gasteiger partial charge on any atom is 0.267 e. The fourth-order valence-corrected chi connectivity index (χ4v) is 2.27. The molecule has 5 nitrogen and oxygen atoms in total. The largest absolute Gasteiger partial charge is 0.395 e. The summed E-state index contributed by atoms with van der Waals surface area (Å²) >= 11 is 1.14. The highest BCUT2D eigenvalue weighted by Gasteiger charge is 2.23. The van der Waals surface area contributed by atoms with Gasteiger partial charge in [0.25, 0.3) is 5.91 Å². The Morgan fingerprint density at radius 3 is 2.76 bits per heavy atom. The molecule has 1 aromatic heterocycles. The fourth-order valence-electron chi connectivity index (χ4n) is 1.60. The quantitative estimate of drug-likeness (QED) is 0.835. The number of hydrogen-bond donors (Lipinski definition) is 1. The van der Waals surface area contributed by atoms with E-state index in [2.05, 4.69) is 9.59 Å². The summed E-state index contributed by atoms with van der Waals surface area (Å²) in [5.41, 5.74) is 0.770. The Morgan fingerprint density at radius 1 is 1.53 bits per heavy atom. The van der Waals surface area contributed by atoms with Crippen molar-refractivity contribution in [2.45, 2.75) is 39.7 Å². The summed E-state index contributed by atoms with van der Waals surface area (Å²) in [5.74, 6) is -0.0764. The number of aromatic nitrogens is 2. The van der Waals surface area contributed by atoms with E-state index in [1.54, 1.807) is 4.90 Å². The van der Waals surface area contributed by atoms with E-state index in [-0.39, 0.29) is 18.6 Å². The van der Waals surface area contributed by atoms with E-state index >= 15 is 0 Å². The Bertz CT molecular complexity index is 365. The second-order valence-electron chi connectivity index (χ2n) is 4.11. The molecular formula is C11H19N3O2S. The number of aryl methyl sites for hydroxylation is 1. The van der Waals surface area contributed by atoms with Gasteiger partial charge in [0.2, 0.25) is 0 Å². The summed E-state index contributed by atoms with van der Waals surface area (Å²) in [6.07, 6.45) is 1.70. The van der Waals surface area contributed by atoms with Crippen LogP contribution in [0.3, 0.4) is 0 Å². The topological polar surface area (TPSA) is 66.3 Å². The number of aliphatic hydroxyl groups is 1. The highest BCUT2D eigenvalue weighted by molar-refractivity contribution is 7.08. The molecule has 0 bridgehead atoms. The number of nitrogens with zero attached hydrogens (tertiary/aromatic N) is 3. The summed E-state index contributed by atoms with van der Waals surface area (Å²) in [4.78, 5) is 14.5. The van der Waals surface area contributed by atoms with Gasteiger partial charge in [0.05, 0.1) is 12.3 Å². The molecule has 1 N–H and O–H groups in total. The van der Waals surface area contributed by atoms with E-state index in [1.807, 2.05) is 20.8 Å². The molecule has 6 heteroatoms. The van der Waals surface area contributed by atoms with E-state index in [0.717, 1.165) is 30.1 Å². The maximum atomic E-state index is 12.3. The van der Waals surface area contributed by atoms with E-state index in [4.69, 9.17) is 5.11 Å². The third-order valence-corrected chi connectivity index (χ3v) is 3.22. The van der Waals surface area contributed by atoms with Crippen molar-refractivity contribution in [3.8, 4) is 0 Å². The standard InChI is InChI=1S/C11H19N3O2S/c1-4-5-9-10(17-13-12-9)11(16)14(6-7-15)8(2)3/h8,15H,4-7H2,1-3H3. The first-order valence-corrected chi connectivity index (χ1v) is 6.62. The van der Waals surface area contributed by atoms with Crippen LogP contribution in [0.1, 0.15) is 42.6 Å². The molecule has 0 spiro atoms. The maximum absolute atomic E-state index is 12.3. The first-order chi connectivity index (χ1) is 8.11. The van der Waals surface area contributed by atoms with E-state index < -0.39 is 0 Å². The summed E-state index contributed by atoms with van der Waals surface area (Å²) in [7, 11) is 0. The van der Waals surface area contributed by atoms with Crippen LogP contribution in [0.5, 0.6) is 0 Å². The van der Waals surface area contributed by atoms with E-state index in [9.17, 15) is 4.79 Å². The molecule has 17 heavy (non-hydrogen) atoms. The predicted molar refractivity (Wildman–Crippen MR) is 67.2 cm³/mol. The van der Waals surface area contributed by atoms with Crippen LogP contribution in [0.25, 0.3) is 0 Å². The number of rotatable bonds is 6. The molecule has 0 aromatic carbocycles. The molecule has 0 unspecified atom stereocenters. The number of carbonyl (C=O) groups is 1. The van der Waals surface area contributed by atoms with Crippen LogP contribution in [0.15, 0.2) is 0 Å². The van der Waals surface area contributed by atoms with Crippen LogP contribution in [0.4, 0.5) is 0 Å². The molecule has 0 aliphatic rings. The number of aliphatic hydroxyl groups excluding tert-OH is 1. The minimum absolute atomic E-state index is 0.0285. The molecule has 1 aromatic rings. The van der Waals surface area contributed by atoms with Gasteiger partial charge in [0, 0.05) is 12.6 Å². The summed E-state index contributed by atoms with van der Waals surface area (Å²) in [5, 5.41) is 13.0. The molecule has 0 atom stereocenters. The van der Waals surface area contributed by atoms with Gasteiger partial charge in [0.15, 0.2) is 0 Å².